The summed E-state index contributed by atoms with van der Waals surface area (Å²) in [6.45, 7) is 3.04. The third kappa shape index (κ3) is 1.83. The van der Waals surface area contributed by atoms with E-state index in [1.807, 2.05) is 7.05 Å². The third-order valence-corrected chi connectivity index (χ3v) is 4.10. The Balaban J connectivity index is 2.24. The topological polar surface area (TPSA) is 71.2 Å². The maximum absolute atomic E-state index is 11.5. The Labute approximate surface area is 117 Å². The molecule has 0 radical (unpaired) electrons. The number of carbonyl (C=O) groups is 1. The van der Waals surface area contributed by atoms with Crippen molar-refractivity contribution in [3.05, 3.63) is 18.0 Å². The molecule has 1 unspecified atom stereocenters. The van der Waals surface area contributed by atoms with Crippen LogP contribution in [-0.2, 0) is 7.05 Å². The molecule has 20 heavy (non-hydrogen) atoms. The van der Waals surface area contributed by atoms with Crippen molar-refractivity contribution in [3.8, 4) is 0 Å². The van der Waals surface area contributed by atoms with Gasteiger partial charge < -0.3 is 10.0 Å². The molecule has 0 saturated carbocycles. The standard InChI is InChI=1S/C14H18N4O2/c1-3-9-5-4-6-18(9)12-10-8-16-17(2)13(10)15-7-11(12)14(19)20/h7-9H,3-6H2,1-2H3,(H,19,20). The normalized spacial score (nSPS) is 18.9. The monoisotopic (exact) mass is 274 g/mol. The van der Waals surface area contributed by atoms with Crippen LogP contribution < -0.4 is 4.90 Å². The van der Waals surface area contributed by atoms with Crippen LogP contribution in [0.25, 0.3) is 11.0 Å². The van der Waals surface area contributed by atoms with Crippen molar-refractivity contribution < 1.29 is 9.90 Å². The highest BCUT2D eigenvalue weighted by Crippen LogP contribution is 2.35. The van der Waals surface area contributed by atoms with Gasteiger partial charge in [-0.05, 0) is 19.3 Å². The lowest BCUT2D eigenvalue weighted by Gasteiger charge is -2.27. The van der Waals surface area contributed by atoms with Gasteiger partial charge in [0.1, 0.15) is 5.56 Å². The van der Waals surface area contributed by atoms with Crippen molar-refractivity contribution >= 4 is 22.7 Å². The Morgan fingerprint density at radius 2 is 2.30 bits per heavy atom. The second kappa shape index (κ2) is 4.77. The van der Waals surface area contributed by atoms with Crippen LogP contribution in [0.3, 0.4) is 0 Å². The zero-order valence-corrected chi connectivity index (χ0v) is 11.7. The molecule has 6 heteroatoms. The van der Waals surface area contributed by atoms with Crippen LogP contribution in [0.2, 0.25) is 0 Å². The minimum absolute atomic E-state index is 0.269. The fourth-order valence-electron chi connectivity index (χ4n) is 3.10. The number of aromatic carboxylic acids is 1. The summed E-state index contributed by atoms with van der Waals surface area (Å²) in [6, 6.07) is 0.402. The van der Waals surface area contributed by atoms with Crippen molar-refractivity contribution in [3.63, 3.8) is 0 Å². The molecule has 0 aromatic carbocycles. The number of fused-ring (bicyclic) bond motifs is 1. The van der Waals surface area contributed by atoms with Crippen LogP contribution in [0.15, 0.2) is 12.4 Å². The second-order valence-corrected chi connectivity index (χ2v) is 5.23. The van der Waals surface area contributed by atoms with E-state index in [9.17, 15) is 9.90 Å². The van der Waals surface area contributed by atoms with Gasteiger partial charge in [0.05, 0.1) is 17.3 Å². The Morgan fingerprint density at radius 3 is 3.00 bits per heavy atom. The van der Waals surface area contributed by atoms with E-state index < -0.39 is 5.97 Å². The second-order valence-electron chi connectivity index (χ2n) is 5.23. The molecule has 1 aliphatic rings. The van der Waals surface area contributed by atoms with E-state index in [1.54, 1.807) is 10.9 Å². The van der Waals surface area contributed by atoms with Crippen LogP contribution in [0.1, 0.15) is 36.5 Å². The largest absolute Gasteiger partial charge is 0.478 e. The SMILES string of the molecule is CCC1CCCN1c1c(C(=O)O)cnc2c1cnn2C. The van der Waals surface area contributed by atoms with E-state index in [0.717, 1.165) is 42.5 Å². The molecule has 2 aromatic heterocycles. The molecule has 2 aromatic rings. The molecule has 0 bridgehead atoms. The number of nitrogens with zero attached hydrogens (tertiary/aromatic N) is 4. The zero-order valence-electron chi connectivity index (χ0n) is 11.7. The third-order valence-electron chi connectivity index (χ3n) is 4.10. The lowest BCUT2D eigenvalue weighted by molar-refractivity contribution is 0.0697. The molecule has 3 rings (SSSR count). The summed E-state index contributed by atoms with van der Waals surface area (Å²) >= 11 is 0. The van der Waals surface area contributed by atoms with Crippen molar-refractivity contribution in [1.82, 2.24) is 14.8 Å². The van der Waals surface area contributed by atoms with E-state index in [0.29, 0.717) is 6.04 Å². The molecule has 6 nitrogen and oxygen atoms in total. The number of pyridine rings is 1. The fourth-order valence-corrected chi connectivity index (χ4v) is 3.10. The molecule has 0 amide bonds. The maximum Gasteiger partial charge on any atom is 0.339 e. The molecular formula is C14H18N4O2. The molecule has 1 atom stereocenters. The number of anilines is 1. The van der Waals surface area contributed by atoms with E-state index in [4.69, 9.17) is 0 Å². The van der Waals surface area contributed by atoms with Gasteiger partial charge in [0.15, 0.2) is 5.65 Å². The number of aryl methyl sites for hydroxylation is 1. The Bertz CT molecular complexity index is 664. The molecule has 0 spiro atoms. The van der Waals surface area contributed by atoms with E-state index in [1.165, 1.54) is 6.20 Å². The Hall–Kier alpha value is -2.11. The van der Waals surface area contributed by atoms with Crippen LogP contribution in [0.4, 0.5) is 5.69 Å². The average Bonchev–Trinajstić information content (AvgIpc) is 3.04. The van der Waals surface area contributed by atoms with Gasteiger partial charge in [-0.2, -0.15) is 5.10 Å². The molecule has 1 fully saturated rings. The summed E-state index contributed by atoms with van der Waals surface area (Å²) in [5.74, 6) is -0.931. The molecule has 106 valence electrons. The number of rotatable bonds is 3. The maximum atomic E-state index is 11.5. The lowest BCUT2D eigenvalue weighted by Crippen LogP contribution is -2.30. The molecule has 1 aliphatic heterocycles. The highest BCUT2D eigenvalue weighted by atomic mass is 16.4. The predicted octanol–water partition coefficient (Wildman–Crippen LogP) is 2.05. The highest BCUT2D eigenvalue weighted by molar-refractivity contribution is 6.03. The first-order chi connectivity index (χ1) is 9.63. The lowest BCUT2D eigenvalue weighted by atomic mass is 10.1. The van der Waals surface area contributed by atoms with E-state index >= 15 is 0 Å². The van der Waals surface area contributed by atoms with Gasteiger partial charge in [0.2, 0.25) is 0 Å². The minimum atomic E-state index is -0.931. The Morgan fingerprint density at radius 1 is 1.50 bits per heavy atom. The number of aromatic nitrogens is 3. The number of carboxylic acid groups (broad SMARTS) is 1. The van der Waals surface area contributed by atoms with E-state index in [2.05, 4.69) is 21.9 Å². The number of hydrogen-bond acceptors (Lipinski definition) is 4. The van der Waals surface area contributed by atoms with Crippen LogP contribution in [0, 0.1) is 0 Å². The Kier molecular flexibility index (Phi) is 3.08. The zero-order chi connectivity index (χ0) is 14.3. The van der Waals surface area contributed by atoms with Crippen LogP contribution >= 0.6 is 0 Å². The minimum Gasteiger partial charge on any atom is -0.478 e. The summed E-state index contributed by atoms with van der Waals surface area (Å²) in [4.78, 5) is 18.0. The summed E-state index contributed by atoms with van der Waals surface area (Å²) in [5, 5.41) is 14.5. The van der Waals surface area contributed by atoms with Gasteiger partial charge in [0.25, 0.3) is 0 Å². The summed E-state index contributed by atoms with van der Waals surface area (Å²) in [5.41, 5.74) is 1.78. The average molecular weight is 274 g/mol. The first-order valence-corrected chi connectivity index (χ1v) is 6.94. The fraction of sp³-hybridized carbons (Fsp3) is 0.500. The van der Waals surface area contributed by atoms with Gasteiger partial charge in [0, 0.05) is 25.8 Å². The van der Waals surface area contributed by atoms with Gasteiger partial charge in [-0.25, -0.2) is 9.78 Å². The number of carboxylic acids is 1. The molecule has 1 saturated heterocycles. The first kappa shape index (κ1) is 12.9. The van der Waals surface area contributed by atoms with Crippen LogP contribution in [0.5, 0.6) is 0 Å². The summed E-state index contributed by atoms with van der Waals surface area (Å²) in [6.07, 6.45) is 6.40. The molecular weight excluding hydrogens is 256 g/mol. The first-order valence-electron chi connectivity index (χ1n) is 6.94. The van der Waals surface area contributed by atoms with E-state index in [-0.39, 0.29) is 5.56 Å². The summed E-state index contributed by atoms with van der Waals surface area (Å²) < 4.78 is 1.68. The molecule has 0 aliphatic carbocycles. The highest BCUT2D eigenvalue weighted by Gasteiger charge is 2.29. The van der Waals surface area contributed by atoms with Gasteiger partial charge in [-0.1, -0.05) is 6.92 Å². The van der Waals surface area contributed by atoms with Gasteiger partial charge in [-0.15, -0.1) is 0 Å². The quantitative estimate of drug-likeness (QED) is 0.927. The van der Waals surface area contributed by atoms with Crippen molar-refractivity contribution in [2.24, 2.45) is 7.05 Å². The van der Waals surface area contributed by atoms with Crippen molar-refractivity contribution in [2.45, 2.75) is 32.2 Å². The van der Waals surface area contributed by atoms with Crippen molar-refractivity contribution in [1.29, 1.82) is 0 Å². The van der Waals surface area contributed by atoms with Gasteiger partial charge >= 0.3 is 5.97 Å². The predicted molar refractivity (Wildman–Crippen MR) is 76.1 cm³/mol. The number of hydrogen-bond donors (Lipinski definition) is 1. The molecule has 1 N–H and O–H groups in total. The van der Waals surface area contributed by atoms with Crippen LogP contribution in [-0.4, -0.2) is 38.4 Å². The van der Waals surface area contributed by atoms with Gasteiger partial charge in [-0.3, -0.25) is 4.68 Å². The summed E-state index contributed by atoms with van der Waals surface area (Å²) in [7, 11) is 1.82. The molecule has 3 heterocycles. The van der Waals surface area contributed by atoms with Crippen molar-refractivity contribution in [2.75, 3.05) is 11.4 Å². The smallest absolute Gasteiger partial charge is 0.339 e.